The molecule has 1 saturated heterocycles. The first kappa shape index (κ1) is 16.2. The van der Waals surface area contributed by atoms with Crippen LogP contribution in [0.25, 0.3) is 0 Å². The van der Waals surface area contributed by atoms with E-state index in [1.807, 2.05) is 0 Å². The summed E-state index contributed by atoms with van der Waals surface area (Å²) in [6, 6.07) is 4.73. The van der Waals surface area contributed by atoms with E-state index in [4.69, 9.17) is 9.84 Å². The number of hydrogen-bond donors (Lipinski definition) is 1. The Kier molecular flexibility index (Phi) is 5.26. The number of carboxylic acids is 1. The second-order valence-electron chi connectivity index (χ2n) is 4.73. The predicted octanol–water partition coefficient (Wildman–Crippen LogP) is 1.60. The van der Waals surface area contributed by atoms with Crippen molar-refractivity contribution >= 4 is 11.9 Å². The number of alkyl halides is 2. The zero-order valence-electron chi connectivity index (χ0n) is 11.6. The van der Waals surface area contributed by atoms with Gasteiger partial charge in [0.2, 0.25) is 0 Å². The fourth-order valence-electron chi connectivity index (χ4n) is 2.24. The average molecular weight is 315 g/mol. The Labute approximate surface area is 125 Å². The van der Waals surface area contributed by atoms with Crippen molar-refractivity contribution in [2.75, 3.05) is 19.8 Å². The van der Waals surface area contributed by atoms with Crippen LogP contribution in [0.4, 0.5) is 8.78 Å². The van der Waals surface area contributed by atoms with Gasteiger partial charge in [-0.25, -0.2) is 0 Å². The van der Waals surface area contributed by atoms with Gasteiger partial charge in [0.15, 0.2) is 0 Å². The van der Waals surface area contributed by atoms with Gasteiger partial charge in [-0.3, -0.25) is 9.59 Å². The Balaban J connectivity index is 2.09. The third-order valence-corrected chi connectivity index (χ3v) is 3.23. The van der Waals surface area contributed by atoms with Crippen LogP contribution in [-0.4, -0.2) is 54.3 Å². The molecule has 1 aromatic carbocycles. The van der Waals surface area contributed by atoms with E-state index < -0.39 is 18.6 Å². The molecule has 1 aliphatic rings. The summed E-state index contributed by atoms with van der Waals surface area (Å²) in [6.07, 6.45) is -0.210. The minimum absolute atomic E-state index is 0.0457. The number of benzene rings is 1. The second kappa shape index (κ2) is 7.17. The molecule has 22 heavy (non-hydrogen) atoms. The summed E-state index contributed by atoms with van der Waals surface area (Å²) < 4.78 is 33.6. The molecule has 1 N–H and O–H groups in total. The quantitative estimate of drug-likeness (QED) is 0.893. The Morgan fingerprint density at radius 3 is 2.64 bits per heavy atom. The minimum atomic E-state index is -2.93. The molecule has 1 aromatic rings. The third-order valence-electron chi connectivity index (χ3n) is 3.23. The van der Waals surface area contributed by atoms with Gasteiger partial charge < -0.3 is 19.5 Å². The fraction of sp³-hybridized carbons (Fsp3) is 0.429. The molecule has 0 aliphatic carbocycles. The molecule has 8 heteroatoms. The molecule has 6 nitrogen and oxygen atoms in total. The van der Waals surface area contributed by atoms with E-state index in [0.29, 0.717) is 6.61 Å². The lowest BCUT2D eigenvalue weighted by Crippen LogP contribution is -2.49. The van der Waals surface area contributed by atoms with Gasteiger partial charge in [-0.2, -0.15) is 8.78 Å². The van der Waals surface area contributed by atoms with Crippen LogP contribution in [0, 0.1) is 0 Å². The number of morpholine rings is 1. The van der Waals surface area contributed by atoms with Crippen molar-refractivity contribution < 1.29 is 33.0 Å². The summed E-state index contributed by atoms with van der Waals surface area (Å²) in [5.74, 6) is -1.43. The highest BCUT2D eigenvalue weighted by Gasteiger charge is 2.29. The number of nitrogens with zero attached hydrogens (tertiary/aromatic N) is 1. The molecule has 0 saturated carbocycles. The van der Waals surface area contributed by atoms with Crippen molar-refractivity contribution in [2.45, 2.75) is 19.1 Å². The van der Waals surface area contributed by atoms with Crippen molar-refractivity contribution in [3.63, 3.8) is 0 Å². The fourth-order valence-corrected chi connectivity index (χ4v) is 2.24. The maximum atomic E-state index is 12.4. The van der Waals surface area contributed by atoms with Gasteiger partial charge in [0.25, 0.3) is 5.91 Å². The van der Waals surface area contributed by atoms with Crippen LogP contribution in [-0.2, 0) is 9.53 Å². The maximum absolute atomic E-state index is 12.4. The van der Waals surface area contributed by atoms with Crippen LogP contribution in [0.2, 0.25) is 0 Å². The highest BCUT2D eigenvalue weighted by molar-refractivity contribution is 5.94. The van der Waals surface area contributed by atoms with E-state index in [0.717, 1.165) is 0 Å². The number of carbonyl (C=O) groups excluding carboxylic acids is 1. The lowest BCUT2D eigenvalue weighted by molar-refractivity contribution is -0.139. The summed E-state index contributed by atoms with van der Waals surface area (Å²) >= 11 is 0. The Morgan fingerprint density at radius 1 is 1.36 bits per heavy atom. The number of carbonyl (C=O) groups is 2. The third kappa shape index (κ3) is 4.14. The zero-order valence-corrected chi connectivity index (χ0v) is 11.6. The molecule has 0 aromatic heterocycles. The van der Waals surface area contributed by atoms with Crippen LogP contribution in [0.1, 0.15) is 16.8 Å². The van der Waals surface area contributed by atoms with Gasteiger partial charge in [0.05, 0.1) is 25.7 Å². The van der Waals surface area contributed by atoms with Crippen molar-refractivity contribution in [2.24, 2.45) is 0 Å². The van der Waals surface area contributed by atoms with E-state index >= 15 is 0 Å². The number of hydrogen-bond acceptors (Lipinski definition) is 4. The molecule has 1 heterocycles. The van der Waals surface area contributed by atoms with E-state index in [9.17, 15) is 18.4 Å². The maximum Gasteiger partial charge on any atom is 0.387 e. The number of amides is 1. The zero-order chi connectivity index (χ0) is 16.1. The van der Waals surface area contributed by atoms with Gasteiger partial charge in [-0.05, 0) is 24.3 Å². The molecule has 1 atom stereocenters. The highest BCUT2D eigenvalue weighted by atomic mass is 19.3. The van der Waals surface area contributed by atoms with Crippen LogP contribution in [0.15, 0.2) is 24.3 Å². The van der Waals surface area contributed by atoms with Gasteiger partial charge >= 0.3 is 12.6 Å². The molecular weight excluding hydrogens is 300 g/mol. The molecule has 1 fully saturated rings. The molecule has 0 bridgehead atoms. The largest absolute Gasteiger partial charge is 0.481 e. The van der Waals surface area contributed by atoms with Crippen LogP contribution >= 0.6 is 0 Å². The highest BCUT2D eigenvalue weighted by Crippen LogP contribution is 2.19. The van der Waals surface area contributed by atoms with E-state index in [2.05, 4.69) is 4.74 Å². The van der Waals surface area contributed by atoms with Crippen molar-refractivity contribution in [1.82, 2.24) is 4.90 Å². The number of ether oxygens (including phenoxy) is 2. The molecule has 120 valence electrons. The van der Waals surface area contributed by atoms with E-state index in [1.54, 1.807) is 0 Å². The summed E-state index contributed by atoms with van der Waals surface area (Å²) in [7, 11) is 0. The molecular formula is C14H15F2NO5. The minimum Gasteiger partial charge on any atom is -0.481 e. The first-order chi connectivity index (χ1) is 10.5. The molecule has 1 unspecified atom stereocenters. The summed E-state index contributed by atoms with van der Waals surface area (Å²) in [4.78, 5) is 24.7. The van der Waals surface area contributed by atoms with Crippen LogP contribution in [0.3, 0.4) is 0 Å². The monoisotopic (exact) mass is 315 g/mol. The van der Waals surface area contributed by atoms with Crippen molar-refractivity contribution in [1.29, 1.82) is 0 Å². The smallest absolute Gasteiger partial charge is 0.387 e. The summed E-state index contributed by atoms with van der Waals surface area (Å²) in [5.41, 5.74) is 0.277. The Bertz CT molecular complexity index is 535. The number of rotatable bonds is 5. The lowest BCUT2D eigenvalue weighted by atomic mass is 10.1. The van der Waals surface area contributed by atoms with Gasteiger partial charge in [-0.15, -0.1) is 0 Å². The van der Waals surface area contributed by atoms with E-state index in [-0.39, 0.29) is 36.8 Å². The Morgan fingerprint density at radius 2 is 2.05 bits per heavy atom. The van der Waals surface area contributed by atoms with Gasteiger partial charge in [-0.1, -0.05) is 0 Å². The van der Waals surface area contributed by atoms with Gasteiger partial charge in [0, 0.05) is 12.1 Å². The second-order valence-corrected chi connectivity index (χ2v) is 4.73. The molecule has 1 amide bonds. The SMILES string of the molecule is O=C(O)CC1COCCN1C(=O)c1ccc(OC(F)F)cc1. The number of halogens is 2. The average Bonchev–Trinajstić information content (AvgIpc) is 2.47. The topological polar surface area (TPSA) is 76.1 Å². The molecule has 0 radical (unpaired) electrons. The first-order valence-electron chi connectivity index (χ1n) is 6.62. The lowest BCUT2D eigenvalue weighted by Gasteiger charge is -2.34. The van der Waals surface area contributed by atoms with E-state index in [1.165, 1.54) is 29.2 Å². The van der Waals surface area contributed by atoms with Gasteiger partial charge in [0.1, 0.15) is 5.75 Å². The summed E-state index contributed by atoms with van der Waals surface area (Å²) in [6.45, 7) is -2.16. The van der Waals surface area contributed by atoms with Crippen LogP contribution < -0.4 is 4.74 Å². The van der Waals surface area contributed by atoms with Crippen molar-refractivity contribution in [3.8, 4) is 5.75 Å². The standard InChI is InChI=1S/C14H15F2NO5/c15-14(16)22-11-3-1-9(2-4-11)13(20)17-5-6-21-8-10(17)7-12(18)19/h1-4,10,14H,5-8H2,(H,18,19). The summed E-state index contributed by atoms with van der Waals surface area (Å²) in [5, 5.41) is 8.88. The molecule has 0 spiro atoms. The molecule has 1 aliphatic heterocycles. The first-order valence-corrected chi connectivity index (χ1v) is 6.62. The normalized spacial score (nSPS) is 18.3. The molecule has 2 rings (SSSR count). The number of carboxylic acid groups (broad SMARTS) is 1. The predicted molar refractivity (Wildman–Crippen MR) is 71.0 cm³/mol. The Hall–Kier alpha value is -2.22. The number of aliphatic carboxylic acids is 1. The van der Waals surface area contributed by atoms with Crippen LogP contribution in [0.5, 0.6) is 5.75 Å². The van der Waals surface area contributed by atoms with Crippen molar-refractivity contribution in [3.05, 3.63) is 29.8 Å².